The highest BCUT2D eigenvalue weighted by Gasteiger charge is 2.35. The quantitative estimate of drug-likeness (QED) is 0.671. The Morgan fingerprint density at radius 3 is 2.38 bits per heavy atom. The van der Waals surface area contributed by atoms with Crippen molar-refractivity contribution in [3.63, 3.8) is 0 Å². The van der Waals surface area contributed by atoms with Crippen molar-refractivity contribution in [2.75, 3.05) is 0 Å². The average molecular weight is 179 g/mol. The topological polar surface area (TPSA) is 37.3 Å². The standard InChI is InChI=1S/C11H15O2/c1-7-5-8(2)9(3)11(4,6-7)10(12)13/h5-6H,1-4H3,(H,12,13). The van der Waals surface area contributed by atoms with Crippen molar-refractivity contribution in [2.45, 2.75) is 27.7 Å². The van der Waals surface area contributed by atoms with Gasteiger partial charge in [-0.05, 0) is 27.7 Å². The van der Waals surface area contributed by atoms with Crippen LogP contribution in [0.4, 0.5) is 0 Å². The van der Waals surface area contributed by atoms with E-state index in [0.717, 1.165) is 16.7 Å². The van der Waals surface area contributed by atoms with Crippen molar-refractivity contribution >= 4 is 5.97 Å². The molecule has 2 nitrogen and oxygen atoms in total. The average Bonchev–Trinajstić information content (AvgIpc) is 1.99. The second kappa shape index (κ2) is 3.02. The Bertz CT molecular complexity index is 310. The van der Waals surface area contributed by atoms with Crippen molar-refractivity contribution in [2.24, 2.45) is 5.41 Å². The Balaban J connectivity index is 3.22. The smallest absolute Gasteiger partial charge is 0.317 e. The molecule has 0 aromatic rings. The Morgan fingerprint density at radius 1 is 1.38 bits per heavy atom. The molecule has 0 amide bonds. The lowest BCUT2D eigenvalue weighted by molar-refractivity contribution is -0.143. The van der Waals surface area contributed by atoms with Crippen molar-refractivity contribution in [3.8, 4) is 0 Å². The number of carboxylic acid groups (broad SMARTS) is 1. The molecule has 1 aliphatic carbocycles. The number of rotatable bonds is 1. The molecule has 0 saturated carbocycles. The lowest BCUT2D eigenvalue weighted by atomic mass is 9.74. The van der Waals surface area contributed by atoms with Crippen LogP contribution in [-0.4, -0.2) is 11.1 Å². The van der Waals surface area contributed by atoms with Crippen LogP contribution in [-0.2, 0) is 4.79 Å². The monoisotopic (exact) mass is 179 g/mol. The minimum atomic E-state index is -0.817. The summed E-state index contributed by atoms with van der Waals surface area (Å²) in [4.78, 5) is 11.1. The first-order chi connectivity index (χ1) is 5.88. The number of hydrogen-bond donors (Lipinski definition) is 1. The third-order valence-corrected chi connectivity index (χ3v) is 2.78. The van der Waals surface area contributed by atoms with Crippen molar-refractivity contribution in [1.82, 2.24) is 0 Å². The fourth-order valence-corrected chi connectivity index (χ4v) is 1.69. The van der Waals surface area contributed by atoms with E-state index in [1.807, 2.05) is 27.2 Å². The Hall–Kier alpha value is -1.05. The third-order valence-electron chi connectivity index (χ3n) is 2.78. The third kappa shape index (κ3) is 1.53. The number of aliphatic carboxylic acids is 1. The summed E-state index contributed by atoms with van der Waals surface area (Å²) >= 11 is 0. The van der Waals surface area contributed by atoms with E-state index in [-0.39, 0.29) is 0 Å². The zero-order valence-electron chi connectivity index (χ0n) is 8.51. The summed E-state index contributed by atoms with van der Waals surface area (Å²) in [5.41, 5.74) is 2.19. The van der Waals surface area contributed by atoms with Crippen LogP contribution in [0.15, 0.2) is 22.8 Å². The first-order valence-electron chi connectivity index (χ1n) is 4.33. The second-order valence-electron chi connectivity index (χ2n) is 3.85. The zero-order valence-corrected chi connectivity index (χ0v) is 8.51. The minimum Gasteiger partial charge on any atom is -0.480 e. The Labute approximate surface area is 79.0 Å². The van der Waals surface area contributed by atoms with Crippen LogP contribution < -0.4 is 0 Å². The summed E-state index contributed by atoms with van der Waals surface area (Å²) in [5.74, 6) is -0.781. The van der Waals surface area contributed by atoms with Crippen LogP contribution in [0.1, 0.15) is 27.7 Å². The fourth-order valence-electron chi connectivity index (χ4n) is 1.69. The Kier molecular flexibility index (Phi) is 2.33. The van der Waals surface area contributed by atoms with E-state index in [1.165, 1.54) is 0 Å². The highest BCUT2D eigenvalue weighted by atomic mass is 16.4. The van der Waals surface area contributed by atoms with Gasteiger partial charge >= 0.3 is 5.97 Å². The predicted octanol–water partition coefficient (Wildman–Crippen LogP) is 2.58. The molecule has 0 saturated heterocycles. The molecule has 0 aromatic heterocycles. The van der Waals surface area contributed by atoms with E-state index >= 15 is 0 Å². The maximum Gasteiger partial charge on any atom is 0.317 e. The lowest BCUT2D eigenvalue weighted by Gasteiger charge is -2.29. The summed E-state index contributed by atoms with van der Waals surface area (Å²) in [6.07, 6.45) is 3.82. The molecular formula is C11H15O2. The van der Waals surface area contributed by atoms with Crippen LogP contribution in [0.5, 0.6) is 0 Å². The van der Waals surface area contributed by atoms with Gasteiger partial charge in [-0.15, -0.1) is 0 Å². The van der Waals surface area contributed by atoms with Crippen LogP contribution >= 0.6 is 0 Å². The minimum absolute atomic E-state index is 0.781. The van der Waals surface area contributed by atoms with Gasteiger partial charge in [0.2, 0.25) is 0 Å². The van der Waals surface area contributed by atoms with Gasteiger partial charge in [-0.25, -0.2) is 0 Å². The SMILES string of the molecule is CC1=CC(C)(C(=O)O)C(C)=C(C)[CH]1. The van der Waals surface area contributed by atoms with Gasteiger partial charge in [0.25, 0.3) is 0 Å². The van der Waals surface area contributed by atoms with Gasteiger partial charge in [-0.3, -0.25) is 4.79 Å². The van der Waals surface area contributed by atoms with Crippen LogP contribution in [0, 0.1) is 11.8 Å². The molecule has 13 heavy (non-hydrogen) atoms. The molecule has 0 spiro atoms. The van der Waals surface area contributed by atoms with Crippen molar-refractivity contribution in [3.05, 3.63) is 29.2 Å². The number of carbonyl (C=O) groups is 1. The Morgan fingerprint density at radius 2 is 1.92 bits per heavy atom. The maximum atomic E-state index is 11.1. The van der Waals surface area contributed by atoms with Crippen LogP contribution in [0.2, 0.25) is 0 Å². The summed E-state index contributed by atoms with van der Waals surface area (Å²) in [7, 11) is 0. The fraction of sp³-hybridized carbons (Fsp3) is 0.455. The number of allylic oxidation sites excluding steroid dienone is 2. The van der Waals surface area contributed by atoms with E-state index in [4.69, 9.17) is 5.11 Å². The summed E-state index contributed by atoms with van der Waals surface area (Å²) in [6.45, 7) is 7.50. The molecule has 0 aromatic carbocycles. The molecule has 1 N–H and O–H groups in total. The van der Waals surface area contributed by atoms with Gasteiger partial charge in [0, 0.05) is 6.42 Å². The molecule has 0 aliphatic heterocycles. The first kappa shape index (κ1) is 10.0. The molecule has 1 unspecified atom stereocenters. The van der Waals surface area contributed by atoms with Gasteiger partial charge in [-0.2, -0.15) is 0 Å². The molecule has 2 heteroatoms. The van der Waals surface area contributed by atoms with E-state index in [1.54, 1.807) is 13.0 Å². The van der Waals surface area contributed by atoms with E-state index in [2.05, 4.69) is 0 Å². The summed E-state index contributed by atoms with van der Waals surface area (Å²) in [5, 5.41) is 9.11. The number of hydrogen-bond acceptors (Lipinski definition) is 1. The molecular weight excluding hydrogens is 164 g/mol. The normalized spacial score (nSPS) is 28.8. The van der Waals surface area contributed by atoms with Gasteiger partial charge in [0.05, 0.1) is 0 Å². The second-order valence-corrected chi connectivity index (χ2v) is 3.85. The highest BCUT2D eigenvalue weighted by Crippen LogP contribution is 2.37. The highest BCUT2D eigenvalue weighted by molar-refractivity contribution is 5.82. The summed E-state index contributed by atoms with van der Waals surface area (Å²) < 4.78 is 0. The van der Waals surface area contributed by atoms with Gasteiger partial charge in [0.15, 0.2) is 0 Å². The first-order valence-corrected chi connectivity index (χ1v) is 4.33. The van der Waals surface area contributed by atoms with Crippen LogP contribution in [0.3, 0.4) is 0 Å². The van der Waals surface area contributed by atoms with Gasteiger partial charge in [-0.1, -0.05) is 22.8 Å². The largest absolute Gasteiger partial charge is 0.480 e. The molecule has 71 valence electrons. The van der Waals surface area contributed by atoms with E-state index < -0.39 is 11.4 Å². The molecule has 0 fully saturated rings. The van der Waals surface area contributed by atoms with Crippen molar-refractivity contribution < 1.29 is 9.90 Å². The van der Waals surface area contributed by atoms with Crippen LogP contribution in [0.25, 0.3) is 0 Å². The van der Waals surface area contributed by atoms with E-state index in [0.29, 0.717) is 0 Å². The molecule has 1 radical (unpaired) electrons. The molecule has 0 heterocycles. The molecule has 1 rings (SSSR count). The molecule has 1 aliphatic rings. The maximum absolute atomic E-state index is 11.1. The predicted molar refractivity (Wildman–Crippen MR) is 52.2 cm³/mol. The molecule has 0 bridgehead atoms. The lowest BCUT2D eigenvalue weighted by Crippen LogP contribution is -2.29. The molecule has 1 atom stereocenters. The summed E-state index contributed by atoms with van der Waals surface area (Å²) in [6, 6.07) is 0. The van der Waals surface area contributed by atoms with E-state index in [9.17, 15) is 4.79 Å². The zero-order chi connectivity index (χ0) is 10.2. The van der Waals surface area contributed by atoms with Gasteiger partial charge < -0.3 is 5.11 Å². The van der Waals surface area contributed by atoms with Gasteiger partial charge in [0.1, 0.15) is 5.41 Å². The van der Waals surface area contributed by atoms with Crippen molar-refractivity contribution in [1.29, 1.82) is 0 Å². The number of carboxylic acids is 1.